The quantitative estimate of drug-likeness (QED) is 0.722. The van der Waals surface area contributed by atoms with Crippen LogP contribution in [0.1, 0.15) is 17.6 Å². The maximum atomic E-state index is 13.4. The predicted octanol–water partition coefficient (Wildman–Crippen LogP) is 3.18. The van der Waals surface area contributed by atoms with Crippen LogP contribution in [-0.4, -0.2) is 34.8 Å². The van der Waals surface area contributed by atoms with Crippen LogP contribution in [0.2, 0.25) is 0 Å². The average Bonchev–Trinajstić information content (AvgIpc) is 3.29. The number of rotatable bonds is 4. The first-order valence-electron chi connectivity index (χ1n) is 7.84. The van der Waals surface area contributed by atoms with Crippen molar-refractivity contribution in [1.29, 1.82) is 0 Å². The standard InChI is InChI=1S/C17H15F2N3O3/c18-12-4-3-11(8-13(12)19)15-9-22(5-7-24-15)10-16-20-21-17(25-16)14-2-1-6-23-14/h1-4,6,8,15H,5,7,9-10H2/t15-/m1/s1. The third kappa shape index (κ3) is 3.45. The molecule has 1 fully saturated rings. The van der Waals surface area contributed by atoms with E-state index in [2.05, 4.69) is 15.1 Å². The lowest BCUT2D eigenvalue weighted by Gasteiger charge is -2.32. The molecule has 0 aliphatic carbocycles. The van der Waals surface area contributed by atoms with Gasteiger partial charge in [-0.1, -0.05) is 6.07 Å². The number of morpholine rings is 1. The minimum atomic E-state index is -0.877. The maximum absolute atomic E-state index is 13.4. The Bertz CT molecular complexity index is 851. The van der Waals surface area contributed by atoms with Gasteiger partial charge in [-0.3, -0.25) is 4.90 Å². The Morgan fingerprint density at radius 2 is 2.08 bits per heavy atom. The fraction of sp³-hybridized carbons (Fsp3) is 0.294. The molecule has 25 heavy (non-hydrogen) atoms. The van der Waals surface area contributed by atoms with Crippen molar-refractivity contribution < 1.29 is 22.4 Å². The van der Waals surface area contributed by atoms with Crippen LogP contribution >= 0.6 is 0 Å². The highest BCUT2D eigenvalue weighted by atomic mass is 19.2. The van der Waals surface area contributed by atoms with E-state index in [0.29, 0.717) is 49.3 Å². The van der Waals surface area contributed by atoms with Crippen molar-refractivity contribution in [2.24, 2.45) is 0 Å². The number of aromatic nitrogens is 2. The highest BCUT2D eigenvalue weighted by Crippen LogP contribution is 2.25. The summed E-state index contributed by atoms with van der Waals surface area (Å²) in [6.07, 6.45) is 1.20. The smallest absolute Gasteiger partial charge is 0.283 e. The second kappa shape index (κ2) is 6.73. The molecule has 0 radical (unpaired) electrons. The molecule has 0 unspecified atom stereocenters. The van der Waals surface area contributed by atoms with E-state index in [4.69, 9.17) is 13.6 Å². The summed E-state index contributed by atoms with van der Waals surface area (Å²) >= 11 is 0. The van der Waals surface area contributed by atoms with Gasteiger partial charge in [0, 0.05) is 13.1 Å². The number of halogens is 2. The molecule has 0 N–H and O–H groups in total. The van der Waals surface area contributed by atoms with E-state index < -0.39 is 11.6 Å². The largest absolute Gasteiger partial charge is 0.459 e. The molecule has 1 saturated heterocycles. The molecule has 1 atom stereocenters. The van der Waals surface area contributed by atoms with Gasteiger partial charge < -0.3 is 13.6 Å². The Hall–Kier alpha value is -2.58. The summed E-state index contributed by atoms with van der Waals surface area (Å²) in [5, 5.41) is 7.98. The number of ether oxygens (including phenoxy) is 1. The van der Waals surface area contributed by atoms with Gasteiger partial charge in [-0.25, -0.2) is 8.78 Å². The van der Waals surface area contributed by atoms with Crippen molar-refractivity contribution in [3.63, 3.8) is 0 Å². The summed E-state index contributed by atoms with van der Waals surface area (Å²) in [6.45, 7) is 2.11. The molecule has 0 spiro atoms. The molecule has 1 aliphatic rings. The van der Waals surface area contributed by atoms with E-state index in [-0.39, 0.29) is 6.10 Å². The van der Waals surface area contributed by atoms with Gasteiger partial charge in [-0.15, -0.1) is 10.2 Å². The summed E-state index contributed by atoms with van der Waals surface area (Å²) < 4.78 is 43.0. The van der Waals surface area contributed by atoms with Gasteiger partial charge >= 0.3 is 0 Å². The summed E-state index contributed by atoms with van der Waals surface area (Å²) in [5.41, 5.74) is 0.602. The lowest BCUT2D eigenvalue weighted by atomic mass is 10.1. The van der Waals surface area contributed by atoms with Gasteiger partial charge in [-0.2, -0.15) is 0 Å². The molecule has 6 nitrogen and oxygen atoms in total. The Morgan fingerprint density at radius 3 is 2.88 bits per heavy atom. The van der Waals surface area contributed by atoms with Crippen LogP contribution in [0.5, 0.6) is 0 Å². The minimum absolute atomic E-state index is 0.324. The number of hydrogen-bond donors (Lipinski definition) is 0. The zero-order chi connectivity index (χ0) is 17.2. The Balaban J connectivity index is 1.44. The first-order valence-corrected chi connectivity index (χ1v) is 7.84. The molecule has 4 rings (SSSR count). The van der Waals surface area contributed by atoms with Gasteiger partial charge in [0.15, 0.2) is 17.4 Å². The number of benzene rings is 1. The van der Waals surface area contributed by atoms with Crippen molar-refractivity contribution in [3.8, 4) is 11.7 Å². The summed E-state index contributed by atoms with van der Waals surface area (Å²) in [5.74, 6) is -0.450. The summed E-state index contributed by atoms with van der Waals surface area (Å²) in [4.78, 5) is 2.06. The van der Waals surface area contributed by atoms with Gasteiger partial charge in [0.2, 0.25) is 5.89 Å². The second-order valence-corrected chi connectivity index (χ2v) is 5.75. The summed E-state index contributed by atoms with van der Waals surface area (Å²) in [6, 6.07) is 7.30. The zero-order valence-electron chi connectivity index (χ0n) is 13.2. The first kappa shape index (κ1) is 15.9. The van der Waals surface area contributed by atoms with Crippen molar-refractivity contribution >= 4 is 0 Å². The third-order valence-electron chi connectivity index (χ3n) is 4.02. The fourth-order valence-corrected chi connectivity index (χ4v) is 2.77. The van der Waals surface area contributed by atoms with Gasteiger partial charge in [0.05, 0.1) is 25.5 Å². The molecule has 0 saturated carbocycles. The van der Waals surface area contributed by atoms with E-state index in [9.17, 15) is 8.78 Å². The molecular weight excluding hydrogens is 332 g/mol. The normalized spacial score (nSPS) is 18.6. The van der Waals surface area contributed by atoms with Crippen LogP contribution in [0.25, 0.3) is 11.7 Å². The number of hydrogen-bond acceptors (Lipinski definition) is 6. The lowest BCUT2D eigenvalue weighted by Crippen LogP contribution is -2.37. The van der Waals surface area contributed by atoms with E-state index in [1.807, 2.05) is 0 Å². The van der Waals surface area contributed by atoms with Crippen LogP contribution in [0.3, 0.4) is 0 Å². The molecule has 1 aliphatic heterocycles. The zero-order valence-corrected chi connectivity index (χ0v) is 13.2. The van der Waals surface area contributed by atoms with Crippen LogP contribution in [0.15, 0.2) is 45.4 Å². The third-order valence-corrected chi connectivity index (χ3v) is 4.02. The molecule has 130 valence electrons. The molecule has 2 aromatic heterocycles. The van der Waals surface area contributed by atoms with Crippen molar-refractivity contribution in [2.45, 2.75) is 12.6 Å². The monoisotopic (exact) mass is 347 g/mol. The van der Waals surface area contributed by atoms with Crippen molar-refractivity contribution in [3.05, 3.63) is 59.7 Å². The van der Waals surface area contributed by atoms with E-state index in [1.165, 1.54) is 18.4 Å². The molecule has 0 amide bonds. The molecule has 0 bridgehead atoms. The van der Waals surface area contributed by atoms with E-state index >= 15 is 0 Å². The van der Waals surface area contributed by atoms with Crippen LogP contribution in [-0.2, 0) is 11.3 Å². The van der Waals surface area contributed by atoms with Crippen LogP contribution in [0, 0.1) is 11.6 Å². The van der Waals surface area contributed by atoms with Gasteiger partial charge in [-0.05, 0) is 29.8 Å². The van der Waals surface area contributed by atoms with Crippen LogP contribution < -0.4 is 0 Å². The minimum Gasteiger partial charge on any atom is -0.459 e. The van der Waals surface area contributed by atoms with E-state index in [0.717, 1.165) is 6.07 Å². The first-order chi connectivity index (χ1) is 12.2. The topological polar surface area (TPSA) is 64.5 Å². The highest BCUT2D eigenvalue weighted by molar-refractivity contribution is 5.42. The molecule has 3 aromatic rings. The predicted molar refractivity (Wildman–Crippen MR) is 82.3 cm³/mol. The average molecular weight is 347 g/mol. The molecular formula is C17H15F2N3O3. The maximum Gasteiger partial charge on any atom is 0.283 e. The Morgan fingerprint density at radius 1 is 1.16 bits per heavy atom. The SMILES string of the molecule is Fc1ccc([C@H]2CN(Cc3nnc(-c4ccco4)o3)CCO2)cc1F. The highest BCUT2D eigenvalue weighted by Gasteiger charge is 2.24. The Labute approximate surface area is 142 Å². The molecule has 3 heterocycles. The van der Waals surface area contributed by atoms with Gasteiger partial charge in [0.1, 0.15) is 0 Å². The molecule has 1 aromatic carbocycles. The number of furan rings is 1. The fourth-order valence-electron chi connectivity index (χ4n) is 2.77. The van der Waals surface area contributed by atoms with Gasteiger partial charge in [0.25, 0.3) is 5.89 Å². The second-order valence-electron chi connectivity index (χ2n) is 5.75. The lowest BCUT2D eigenvalue weighted by molar-refractivity contribution is -0.0353. The van der Waals surface area contributed by atoms with E-state index in [1.54, 1.807) is 12.1 Å². The van der Waals surface area contributed by atoms with Crippen LogP contribution in [0.4, 0.5) is 8.78 Å². The Kier molecular flexibility index (Phi) is 4.29. The van der Waals surface area contributed by atoms with Crippen molar-refractivity contribution in [1.82, 2.24) is 15.1 Å². The van der Waals surface area contributed by atoms with Crippen molar-refractivity contribution in [2.75, 3.05) is 19.7 Å². The number of nitrogens with zero attached hydrogens (tertiary/aromatic N) is 3. The summed E-state index contributed by atoms with van der Waals surface area (Å²) in [7, 11) is 0. The molecule has 8 heteroatoms.